The first-order chi connectivity index (χ1) is 5.97. The molecule has 13 heavy (non-hydrogen) atoms. The number of hydrogen-bond donors (Lipinski definition) is 1. The first-order valence-corrected chi connectivity index (χ1v) is 5.00. The molecule has 1 atom stereocenters. The highest BCUT2D eigenvalue weighted by Crippen LogP contribution is 2.13. The van der Waals surface area contributed by atoms with Crippen molar-refractivity contribution in [3.63, 3.8) is 0 Å². The molecule has 0 aromatic carbocycles. The Morgan fingerprint density at radius 3 is 2.15 bits per heavy atom. The molecule has 0 bridgehead atoms. The predicted octanol–water partition coefficient (Wildman–Crippen LogP) is 2.56. The molecule has 0 amide bonds. The van der Waals surface area contributed by atoms with E-state index in [-0.39, 0.29) is 12.1 Å². The van der Waals surface area contributed by atoms with E-state index in [1.807, 2.05) is 20.9 Å². The third-order valence-electron chi connectivity index (χ3n) is 1.83. The van der Waals surface area contributed by atoms with Gasteiger partial charge in [-0.25, -0.2) is 0 Å². The summed E-state index contributed by atoms with van der Waals surface area (Å²) >= 11 is 0. The second-order valence-corrected chi connectivity index (χ2v) is 4.10. The van der Waals surface area contributed by atoms with E-state index in [0.717, 1.165) is 12.2 Å². The molecular weight excluding hydrogens is 162 g/mol. The molecule has 0 aliphatic rings. The van der Waals surface area contributed by atoms with E-state index < -0.39 is 0 Å². The molecule has 0 aromatic heterocycles. The summed E-state index contributed by atoms with van der Waals surface area (Å²) < 4.78 is 5.55. The zero-order valence-electron chi connectivity index (χ0n) is 9.55. The van der Waals surface area contributed by atoms with Crippen LogP contribution < -0.4 is 5.32 Å². The summed E-state index contributed by atoms with van der Waals surface area (Å²) in [6.07, 6.45) is 1.29. The summed E-state index contributed by atoms with van der Waals surface area (Å²) in [5, 5.41) is 3.21. The summed E-state index contributed by atoms with van der Waals surface area (Å²) in [5.41, 5.74) is 0. The van der Waals surface area contributed by atoms with Gasteiger partial charge in [-0.05, 0) is 33.2 Å². The average molecular weight is 185 g/mol. The summed E-state index contributed by atoms with van der Waals surface area (Å²) in [4.78, 5) is 0. The van der Waals surface area contributed by atoms with Crippen molar-refractivity contribution in [1.82, 2.24) is 5.32 Å². The quantitative estimate of drug-likeness (QED) is 0.642. The lowest BCUT2D eigenvalue weighted by atomic mass is 10.0. The Morgan fingerprint density at radius 1 is 1.31 bits per heavy atom. The third kappa shape index (κ3) is 5.69. The van der Waals surface area contributed by atoms with E-state index in [2.05, 4.69) is 25.7 Å². The summed E-state index contributed by atoms with van der Waals surface area (Å²) in [5.74, 6) is 1.51. The molecule has 1 unspecified atom stereocenters. The molecule has 0 aromatic rings. The zero-order chi connectivity index (χ0) is 10.4. The van der Waals surface area contributed by atoms with E-state index in [1.54, 1.807) is 0 Å². The Bertz CT molecular complexity index is 152. The minimum Gasteiger partial charge on any atom is -0.494 e. The lowest BCUT2D eigenvalue weighted by Crippen LogP contribution is -2.30. The molecule has 0 fully saturated rings. The lowest BCUT2D eigenvalue weighted by molar-refractivity contribution is 0.125. The van der Waals surface area contributed by atoms with Gasteiger partial charge >= 0.3 is 0 Å². The molecule has 0 aliphatic carbocycles. The normalized spacial score (nSPS) is 13.5. The van der Waals surface area contributed by atoms with E-state index >= 15 is 0 Å². The molecule has 2 nitrogen and oxygen atoms in total. The highest BCUT2D eigenvalue weighted by atomic mass is 16.5. The third-order valence-corrected chi connectivity index (χ3v) is 1.83. The van der Waals surface area contributed by atoms with Crippen molar-refractivity contribution in [3.05, 3.63) is 12.3 Å². The van der Waals surface area contributed by atoms with Crippen molar-refractivity contribution < 1.29 is 4.74 Å². The summed E-state index contributed by atoms with van der Waals surface area (Å²) in [7, 11) is 1.95. The van der Waals surface area contributed by atoms with Gasteiger partial charge in [0.15, 0.2) is 0 Å². The van der Waals surface area contributed by atoms with Gasteiger partial charge in [-0.3, -0.25) is 0 Å². The van der Waals surface area contributed by atoms with Crippen LogP contribution in [0.25, 0.3) is 0 Å². The maximum Gasteiger partial charge on any atom is 0.106 e. The summed E-state index contributed by atoms with van der Waals surface area (Å²) in [6, 6.07) is 0.280. The maximum atomic E-state index is 5.55. The maximum absolute atomic E-state index is 5.55. The fourth-order valence-corrected chi connectivity index (χ4v) is 1.27. The Hall–Kier alpha value is -0.500. The number of ether oxygens (including phenoxy) is 1. The van der Waals surface area contributed by atoms with Gasteiger partial charge in [-0.1, -0.05) is 20.4 Å². The van der Waals surface area contributed by atoms with Crippen LogP contribution in [0.2, 0.25) is 0 Å². The van der Waals surface area contributed by atoms with Crippen molar-refractivity contribution >= 4 is 0 Å². The van der Waals surface area contributed by atoms with E-state index in [0.29, 0.717) is 5.92 Å². The van der Waals surface area contributed by atoms with Crippen LogP contribution in [0.4, 0.5) is 0 Å². The SMILES string of the molecule is C=C(OC(C)C)C(CC(C)C)NC. The number of nitrogens with one attached hydrogen (secondary N) is 1. The fourth-order valence-electron chi connectivity index (χ4n) is 1.27. The molecule has 0 rings (SSSR count). The Morgan fingerprint density at radius 2 is 1.85 bits per heavy atom. The van der Waals surface area contributed by atoms with Crippen molar-refractivity contribution in [3.8, 4) is 0 Å². The van der Waals surface area contributed by atoms with Gasteiger partial charge in [0.2, 0.25) is 0 Å². The molecule has 0 aliphatic heterocycles. The lowest BCUT2D eigenvalue weighted by Gasteiger charge is -2.22. The first-order valence-electron chi connectivity index (χ1n) is 5.00. The Labute approximate surface area is 82.4 Å². The van der Waals surface area contributed by atoms with Crippen LogP contribution in [0.1, 0.15) is 34.1 Å². The van der Waals surface area contributed by atoms with Crippen LogP contribution in [0, 0.1) is 5.92 Å². The van der Waals surface area contributed by atoms with Crippen LogP contribution >= 0.6 is 0 Å². The van der Waals surface area contributed by atoms with Gasteiger partial charge in [-0.15, -0.1) is 0 Å². The smallest absolute Gasteiger partial charge is 0.106 e. The average Bonchev–Trinajstić information content (AvgIpc) is 1.98. The minimum absolute atomic E-state index is 0.218. The van der Waals surface area contributed by atoms with Gasteiger partial charge in [0.05, 0.1) is 12.1 Å². The zero-order valence-corrected chi connectivity index (χ0v) is 9.55. The fraction of sp³-hybridized carbons (Fsp3) is 0.818. The predicted molar refractivity (Wildman–Crippen MR) is 57.7 cm³/mol. The molecule has 0 saturated carbocycles. The topological polar surface area (TPSA) is 21.3 Å². The Balaban J connectivity index is 3.99. The Kier molecular flexibility index (Phi) is 5.80. The number of rotatable bonds is 6. The molecule has 0 radical (unpaired) electrons. The number of hydrogen-bond acceptors (Lipinski definition) is 2. The van der Waals surface area contributed by atoms with Crippen LogP contribution in [0.3, 0.4) is 0 Å². The van der Waals surface area contributed by atoms with Crippen LogP contribution in [-0.2, 0) is 4.74 Å². The highest BCUT2D eigenvalue weighted by molar-refractivity contribution is 4.97. The van der Waals surface area contributed by atoms with Crippen molar-refractivity contribution in [2.75, 3.05) is 7.05 Å². The standard InChI is InChI=1S/C11H23NO/c1-8(2)7-11(12-6)10(5)13-9(3)4/h8-9,11-12H,5,7H2,1-4,6H3. The largest absolute Gasteiger partial charge is 0.494 e. The summed E-state index contributed by atoms with van der Waals surface area (Å²) in [6.45, 7) is 12.4. The van der Waals surface area contributed by atoms with Gasteiger partial charge in [0.1, 0.15) is 5.76 Å². The molecule has 78 valence electrons. The van der Waals surface area contributed by atoms with Crippen molar-refractivity contribution in [2.45, 2.75) is 46.3 Å². The highest BCUT2D eigenvalue weighted by Gasteiger charge is 2.14. The van der Waals surface area contributed by atoms with E-state index in [9.17, 15) is 0 Å². The molecular formula is C11H23NO. The molecule has 1 N–H and O–H groups in total. The monoisotopic (exact) mass is 185 g/mol. The van der Waals surface area contributed by atoms with Crippen LogP contribution in [0.5, 0.6) is 0 Å². The first kappa shape index (κ1) is 12.5. The second kappa shape index (κ2) is 6.03. The van der Waals surface area contributed by atoms with Crippen LogP contribution in [-0.4, -0.2) is 19.2 Å². The van der Waals surface area contributed by atoms with Crippen LogP contribution in [0.15, 0.2) is 12.3 Å². The number of likely N-dealkylation sites (N-methyl/N-ethyl adjacent to an activating group) is 1. The molecule has 2 heteroatoms. The second-order valence-electron chi connectivity index (χ2n) is 4.10. The van der Waals surface area contributed by atoms with Gasteiger partial charge in [0.25, 0.3) is 0 Å². The molecule has 0 heterocycles. The van der Waals surface area contributed by atoms with Gasteiger partial charge in [-0.2, -0.15) is 0 Å². The van der Waals surface area contributed by atoms with Gasteiger partial charge < -0.3 is 10.1 Å². The van der Waals surface area contributed by atoms with Gasteiger partial charge in [0, 0.05) is 0 Å². The molecule has 0 saturated heterocycles. The van der Waals surface area contributed by atoms with E-state index in [4.69, 9.17) is 4.74 Å². The van der Waals surface area contributed by atoms with Crippen molar-refractivity contribution in [2.24, 2.45) is 5.92 Å². The minimum atomic E-state index is 0.218. The van der Waals surface area contributed by atoms with E-state index in [1.165, 1.54) is 0 Å². The molecule has 0 spiro atoms. The van der Waals surface area contributed by atoms with Crippen molar-refractivity contribution in [1.29, 1.82) is 0 Å².